The van der Waals surface area contributed by atoms with Crippen molar-refractivity contribution in [3.8, 4) is 0 Å². The summed E-state index contributed by atoms with van der Waals surface area (Å²) in [5, 5.41) is 5.57. The first-order chi connectivity index (χ1) is 6.35. The summed E-state index contributed by atoms with van der Waals surface area (Å²) < 4.78 is 2.12. The monoisotopic (exact) mass is 213 g/mol. The summed E-state index contributed by atoms with van der Waals surface area (Å²) in [6.45, 7) is 9.16. The van der Waals surface area contributed by atoms with Crippen molar-refractivity contribution in [2.45, 2.75) is 44.0 Å². The van der Waals surface area contributed by atoms with Gasteiger partial charge in [-0.15, -0.1) is 11.8 Å². The van der Waals surface area contributed by atoms with Gasteiger partial charge in [0.25, 0.3) is 0 Å². The van der Waals surface area contributed by atoms with Crippen LogP contribution in [0.1, 0.15) is 32.0 Å². The molecule has 1 rings (SSSR count). The summed E-state index contributed by atoms with van der Waals surface area (Å²) in [4.78, 5) is 0. The highest BCUT2D eigenvalue weighted by atomic mass is 32.2. The summed E-state index contributed by atoms with van der Waals surface area (Å²) in [6, 6.07) is 0. The molecule has 14 heavy (non-hydrogen) atoms. The predicted octanol–water partition coefficient (Wildman–Crippen LogP) is 2.08. The molecule has 0 amide bonds. The van der Waals surface area contributed by atoms with E-state index in [1.54, 1.807) is 0 Å². The highest BCUT2D eigenvalue weighted by Crippen LogP contribution is 2.34. The van der Waals surface area contributed by atoms with E-state index >= 15 is 0 Å². The molecule has 1 aromatic rings. The van der Waals surface area contributed by atoms with Gasteiger partial charge in [0, 0.05) is 23.9 Å². The second-order valence-electron chi connectivity index (χ2n) is 4.41. The van der Waals surface area contributed by atoms with Crippen molar-refractivity contribution in [2.24, 2.45) is 12.8 Å². The van der Waals surface area contributed by atoms with Gasteiger partial charge in [-0.3, -0.25) is 4.68 Å². The number of nitrogens with two attached hydrogens (primary N) is 1. The second kappa shape index (κ2) is 3.95. The molecule has 1 heterocycles. The van der Waals surface area contributed by atoms with Gasteiger partial charge in [0.1, 0.15) is 0 Å². The average Bonchev–Trinajstić information content (AvgIpc) is 2.24. The van der Waals surface area contributed by atoms with Crippen LogP contribution in [0.4, 0.5) is 0 Å². The normalized spacial score (nSPS) is 12.1. The molecule has 0 unspecified atom stereocenters. The highest BCUT2D eigenvalue weighted by molar-refractivity contribution is 8.00. The van der Waals surface area contributed by atoms with Crippen LogP contribution in [-0.2, 0) is 13.6 Å². The minimum absolute atomic E-state index is 0.199. The molecular weight excluding hydrogens is 194 g/mol. The lowest BCUT2D eigenvalue weighted by Crippen LogP contribution is -2.10. The molecule has 0 aliphatic carbocycles. The fourth-order valence-corrected chi connectivity index (χ4v) is 2.44. The van der Waals surface area contributed by atoms with Gasteiger partial charge in [0.2, 0.25) is 0 Å². The molecule has 0 saturated carbocycles. The largest absolute Gasteiger partial charge is 0.326 e. The zero-order chi connectivity index (χ0) is 10.9. The lowest BCUT2D eigenvalue weighted by molar-refractivity contribution is 0.680. The molecule has 0 radical (unpaired) electrons. The topological polar surface area (TPSA) is 43.8 Å². The van der Waals surface area contributed by atoms with Crippen LogP contribution >= 0.6 is 11.8 Å². The molecule has 0 spiro atoms. The molecular formula is C10H19N3S. The molecule has 0 aliphatic rings. The van der Waals surface area contributed by atoms with E-state index in [1.165, 1.54) is 10.6 Å². The summed E-state index contributed by atoms with van der Waals surface area (Å²) >= 11 is 1.82. The Morgan fingerprint density at radius 3 is 2.43 bits per heavy atom. The number of hydrogen-bond acceptors (Lipinski definition) is 3. The Morgan fingerprint density at radius 1 is 1.43 bits per heavy atom. The first-order valence-corrected chi connectivity index (χ1v) is 5.58. The molecule has 4 heteroatoms. The summed E-state index contributed by atoms with van der Waals surface area (Å²) in [6.07, 6.45) is 0. The number of nitrogens with zero attached hydrogens (tertiary/aromatic N) is 2. The lowest BCUT2D eigenvalue weighted by atomic mass is 10.2. The first kappa shape index (κ1) is 11.6. The van der Waals surface area contributed by atoms with Gasteiger partial charge in [0.15, 0.2) is 0 Å². The van der Waals surface area contributed by atoms with Crippen molar-refractivity contribution in [1.82, 2.24) is 9.78 Å². The van der Waals surface area contributed by atoms with Crippen molar-refractivity contribution in [3.05, 3.63) is 11.3 Å². The van der Waals surface area contributed by atoms with Gasteiger partial charge >= 0.3 is 0 Å². The van der Waals surface area contributed by atoms with E-state index in [0.29, 0.717) is 6.54 Å². The van der Waals surface area contributed by atoms with Crippen LogP contribution in [0.25, 0.3) is 0 Å². The number of rotatable bonds is 2. The summed E-state index contributed by atoms with van der Waals surface area (Å²) in [7, 11) is 1.97. The zero-order valence-corrected chi connectivity index (χ0v) is 10.4. The number of thioether (sulfide) groups is 1. The molecule has 0 atom stereocenters. The SMILES string of the molecule is Cc1nn(C)c(SC(C)(C)C)c1CN. The number of aromatic nitrogens is 2. The summed E-state index contributed by atoms with van der Waals surface area (Å²) in [5.74, 6) is 0. The van der Waals surface area contributed by atoms with Crippen LogP contribution in [0, 0.1) is 6.92 Å². The van der Waals surface area contributed by atoms with Crippen molar-refractivity contribution in [3.63, 3.8) is 0 Å². The molecule has 0 aliphatic heterocycles. The number of hydrogen-bond donors (Lipinski definition) is 1. The van der Waals surface area contributed by atoms with Gasteiger partial charge in [0.05, 0.1) is 10.7 Å². The maximum Gasteiger partial charge on any atom is 0.0989 e. The van der Waals surface area contributed by atoms with Crippen LogP contribution in [0.5, 0.6) is 0 Å². The van der Waals surface area contributed by atoms with Crippen molar-refractivity contribution in [2.75, 3.05) is 0 Å². The first-order valence-electron chi connectivity index (χ1n) is 4.76. The van der Waals surface area contributed by atoms with Gasteiger partial charge in [-0.25, -0.2) is 0 Å². The summed E-state index contributed by atoms with van der Waals surface area (Å²) in [5.41, 5.74) is 7.93. The van der Waals surface area contributed by atoms with E-state index in [1.807, 2.05) is 30.4 Å². The van der Waals surface area contributed by atoms with Gasteiger partial charge in [-0.1, -0.05) is 20.8 Å². The number of aryl methyl sites for hydroxylation is 2. The van der Waals surface area contributed by atoms with Crippen LogP contribution < -0.4 is 5.73 Å². The van der Waals surface area contributed by atoms with E-state index < -0.39 is 0 Å². The van der Waals surface area contributed by atoms with Gasteiger partial charge in [-0.05, 0) is 6.92 Å². The quantitative estimate of drug-likeness (QED) is 0.765. The Labute approximate surface area is 90.1 Å². The zero-order valence-electron chi connectivity index (χ0n) is 9.59. The van der Waals surface area contributed by atoms with E-state index in [-0.39, 0.29) is 4.75 Å². The van der Waals surface area contributed by atoms with E-state index in [4.69, 9.17) is 5.73 Å². The third-order valence-corrected chi connectivity index (χ3v) is 3.21. The maximum absolute atomic E-state index is 5.72. The Morgan fingerprint density at radius 2 is 2.00 bits per heavy atom. The highest BCUT2D eigenvalue weighted by Gasteiger charge is 2.19. The fraction of sp³-hybridized carbons (Fsp3) is 0.700. The van der Waals surface area contributed by atoms with Crippen molar-refractivity contribution < 1.29 is 0 Å². The molecule has 0 aromatic carbocycles. The standard InChI is InChI=1S/C10H19N3S/c1-7-8(6-11)9(13(5)12-7)14-10(2,3)4/h6,11H2,1-5H3. The Hall–Kier alpha value is -0.480. The fourth-order valence-electron chi connectivity index (χ4n) is 1.33. The Kier molecular flexibility index (Phi) is 3.27. The molecule has 1 aromatic heterocycles. The van der Waals surface area contributed by atoms with E-state index in [2.05, 4.69) is 25.9 Å². The second-order valence-corrected chi connectivity index (χ2v) is 6.23. The molecule has 0 fully saturated rings. The molecule has 3 nitrogen and oxygen atoms in total. The van der Waals surface area contributed by atoms with E-state index in [9.17, 15) is 0 Å². The third-order valence-electron chi connectivity index (χ3n) is 1.90. The molecule has 0 saturated heterocycles. The lowest BCUT2D eigenvalue weighted by Gasteiger charge is -2.18. The van der Waals surface area contributed by atoms with E-state index in [0.717, 1.165) is 5.69 Å². The van der Waals surface area contributed by atoms with Crippen LogP contribution in [0.2, 0.25) is 0 Å². The minimum atomic E-state index is 0.199. The van der Waals surface area contributed by atoms with Crippen LogP contribution in [0.15, 0.2) is 5.03 Å². The Balaban J connectivity index is 3.06. The minimum Gasteiger partial charge on any atom is -0.326 e. The Bertz CT molecular complexity index is 323. The maximum atomic E-state index is 5.72. The molecule has 2 N–H and O–H groups in total. The third kappa shape index (κ3) is 2.51. The van der Waals surface area contributed by atoms with Crippen LogP contribution in [-0.4, -0.2) is 14.5 Å². The molecule has 80 valence electrons. The smallest absolute Gasteiger partial charge is 0.0989 e. The van der Waals surface area contributed by atoms with Crippen molar-refractivity contribution in [1.29, 1.82) is 0 Å². The molecule has 0 bridgehead atoms. The van der Waals surface area contributed by atoms with Gasteiger partial charge in [-0.2, -0.15) is 5.10 Å². The predicted molar refractivity (Wildman–Crippen MR) is 61.4 cm³/mol. The van der Waals surface area contributed by atoms with Gasteiger partial charge < -0.3 is 5.73 Å². The van der Waals surface area contributed by atoms with Crippen LogP contribution in [0.3, 0.4) is 0 Å². The average molecular weight is 213 g/mol. The van der Waals surface area contributed by atoms with Crippen molar-refractivity contribution >= 4 is 11.8 Å².